The first-order valence-electron chi connectivity index (χ1n) is 6.72. The monoisotopic (exact) mass is 438 g/mol. The molecule has 0 amide bonds. The van der Waals surface area contributed by atoms with Gasteiger partial charge in [0.15, 0.2) is 0 Å². The molecule has 1 aliphatic heterocycles. The van der Waals surface area contributed by atoms with Crippen molar-refractivity contribution in [3.8, 4) is 0 Å². The molecule has 106 valence electrons. The zero-order valence-electron chi connectivity index (χ0n) is 11.2. The van der Waals surface area contributed by atoms with E-state index in [-0.39, 0.29) is 11.7 Å². The van der Waals surface area contributed by atoms with Crippen LogP contribution in [0.3, 0.4) is 0 Å². The Kier molecular flexibility index (Phi) is 6.11. The minimum absolute atomic E-state index is 0.262. The Morgan fingerprint density at radius 1 is 1.42 bits per heavy atom. The number of alkyl halides is 1. The minimum atomic E-state index is -0.262. The van der Waals surface area contributed by atoms with E-state index >= 15 is 0 Å². The van der Waals surface area contributed by atoms with Gasteiger partial charge in [0.2, 0.25) is 0 Å². The third-order valence-electron chi connectivity index (χ3n) is 3.56. The first-order chi connectivity index (χ1) is 9.15. The van der Waals surface area contributed by atoms with Crippen molar-refractivity contribution >= 4 is 38.5 Å². The van der Waals surface area contributed by atoms with E-state index in [9.17, 15) is 0 Å². The first kappa shape index (κ1) is 15.7. The van der Waals surface area contributed by atoms with Crippen molar-refractivity contribution in [2.75, 3.05) is 17.6 Å². The van der Waals surface area contributed by atoms with Crippen LogP contribution < -0.4 is 0 Å². The van der Waals surface area contributed by atoms with Gasteiger partial charge < -0.3 is 9.47 Å². The maximum atomic E-state index is 6.22. The number of ether oxygens (including phenoxy) is 2. The molecule has 0 N–H and O–H groups in total. The Balaban J connectivity index is 2.03. The smallest absolute Gasteiger partial charge is 0.100 e. The van der Waals surface area contributed by atoms with Crippen molar-refractivity contribution in [3.63, 3.8) is 0 Å². The molecule has 1 fully saturated rings. The number of hydrogen-bond donors (Lipinski definition) is 0. The highest BCUT2D eigenvalue weighted by Gasteiger charge is 2.29. The van der Waals surface area contributed by atoms with E-state index in [4.69, 9.17) is 9.47 Å². The minimum Gasteiger partial charge on any atom is -0.376 e. The molecule has 2 unspecified atom stereocenters. The Labute approximate surface area is 137 Å². The number of halogens is 2. The van der Waals surface area contributed by atoms with Crippen LogP contribution in [0.15, 0.2) is 28.7 Å². The second-order valence-electron chi connectivity index (χ2n) is 5.14. The lowest BCUT2D eigenvalue weighted by molar-refractivity contribution is -0.0933. The van der Waals surface area contributed by atoms with Gasteiger partial charge in [0.1, 0.15) is 5.60 Å². The normalized spacial score (nSPS) is 23.0. The molecule has 4 heteroatoms. The molecule has 0 spiro atoms. The summed E-state index contributed by atoms with van der Waals surface area (Å²) in [6.45, 7) is 3.72. The van der Waals surface area contributed by atoms with Crippen LogP contribution >= 0.6 is 38.5 Å². The van der Waals surface area contributed by atoms with Gasteiger partial charge in [0.25, 0.3) is 0 Å². The number of benzene rings is 1. The quantitative estimate of drug-likeness (QED) is 0.490. The van der Waals surface area contributed by atoms with E-state index in [1.165, 1.54) is 18.4 Å². The third-order valence-corrected chi connectivity index (χ3v) is 5.71. The molecule has 2 rings (SSSR count). The van der Waals surface area contributed by atoms with Crippen molar-refractivity contribution in [1.29, 1.82) is 0 Å². The Morgan fingerprint density at radius 2 is 2.21 bits per heavy atom. The fraction of sp³-hybridized carbons (Fsp3) is 0.600. The highest BCUT2D eigenvalue weighted by atomic mass is 127. The second kappa shape index (κ2) is 7.38. The van der Waals surface area contributed by atoms with Crippen LogP contribution in [-0.4, -0.2) is 23.7 Å². The molecule has 19 heavy (non-hydrogen) atoms. The van der Waals surface area contributed by atoms with Gasteiger partial charge in [0.05, 0.1) is 12.7 Å². The van der Waals surface area contributed by atoms with Crippen LogP contribution in [0, 0.1) is 0 Å². The Hall–Kier alpha value is 0.350. The van der Waals surface area contributed by atoms with Crippen molar-refractivity contribution < 1.29 is 9.47 Å². The zero-order valence-corrected chi connectivity index (χ0v) is 14.9. The van der Waals surface area contributed by atoms with Gasteiger partial charge in [-0.3, -0.25) is 0 Å². The topological polar surface area (TPSA) is 18.5 Å². The Bertz CT molecular complexity index is 407. The summed E-state index contributed by atoms with van der Waals surface area (Å²) in [5.41, 5.74) is 0.946. The van der Waals surface area contributed by atoms with Crippen molar-refractivity contribution in [1.82, 2.24) is 0 Å². The summed E-state index contributed by atoms with van der Waals surface area (Å²) >= 11 is 6.02. The van der Waals surface area contributed by atoms with Gasteiger partial charge in [-0.1, -0.05) is 56.7 Å². The van der Waals surface area contributed by atoms with Crippen LogP contribution in [0.5, 0.6) is 0 Å². The van der Waals surface area contributed by atoms with Gasteiger partial charge in [-0.25, -0.2) is 0 Å². The molecule has 1 aliphatic rings. The maximum Gasteiger partial charge on any atom is 0.100 e. The maximum absolute atomic E-state index is 6.22. The van der Waals surface area contributed by atoms with E-state index in [1.54, 1.807) is 0 Å². The van der Waals surface area contributed by atoms with E-state index in [0.717, 1.165) is 21.9 Å². The van der Waals surface area contributed by atoms with Crippen molar-refractivity contribution in [2.45, 2.75) is 37.9 Å². The van der Waals surface area contributed by atoms with Crippen molar-refractivity contribution in [3.05, 3.63) is 34.3 Å². The van der Waals surface area contributed by atoms with Crippen LogP contribution in [-0.2, 0) is 15.1 Å². The van der Waals surface area contributed by atoms with Gasteiger partial charge in [-0.15, -0.1) is 0 Å². The van der Waals surface area contributed by atoms with Crippen LogP contribution in [0.2, 0.25) is 0 Å². The van der Waals surface area contributed by atoms with Gasteiger partial charge in [-0.05, 0) is 37.8 Å². The molecule has 0 bridgehead atoms. The molecule has 0 aromatic heterocycles. The molecule has 0 radical (unpaired) electrons. The molecule has 1 aromatic rings. The molecule has 1 aromatic carbocycles. The summed E-state index contributed by atoms with van der Waals surface area (Å²) in [4.78, 5) is 0. The van der Waals surface area contributed by atoms with Crippen LogP contribution in [0.4, 0.5) is 0 Å². The summed E-state index contributed by atoms with van der Waals surface area (Å²) in [6.07, 6.45) is 3.82. The summed E-state index contributed by atoms with van der Waals surface area (Å²) in [5, 5.41) is 0. The molecular formula is C15H20BrIO2. The fourth-order valence-electron chi connectivity index (χ4n) is 2.29. The molecular weight excluding hydrogens is 419 g/mol. The first-order valence-corrected chi connectivity index (χ1v) is 9.04. The lowest BCUT2D eigenvalue weighted by Crippen LogP contribution is -2.34. The molecule has 0 aliphatic carbocycles. The van der Waals surface area contributed by atoms with Crippen LogP contribution in [0.1, 0.15) is 31.7 Å². The lowest BCUT2D eigenvalue weighted by atomic mass is 9.98. The van der Waals surface area contributed by atoms with Gasteiger partial charge in [-0.2, -0.15) is 0 Å². The van der Waals surface area contributed by atoms with Gasteiger partial charge in [0, 0.05) is 15.5 Å². The highest BCUT2D eigenvalue weighted by Crippen LogP contribution is 2.33. The summed E-state index contributed by atoms with van der Waals surface area (Å²) in [5.74, 6) is 0. The lowest BCUT2D eigenvalue weighted by Gasteiger charge is -2.32. The average molecular weight is 439 g/mol. The van der Waals surface area contributed by atoms with E-state index < -0.39 is 0 Å². The predicted octanol–water partition coefficient (Wildman–Crippen LogP) is 4.69. The van der Waals surface area contributed by atoms with E-state index in [2.05, 4.69) is 63.6 Å². The van der Waals surface area contributed by atoms with E-state index in [1.807, 2.05) is 6.07 Å². The van der Waals surface area contributed by atoms with Crippen LogP contribution in [0.25, 0.3) is 0 Å². The molecule has 0 saturated carbocycles. The SMILES string of the molecule is CC(CI)(OCC1CCCCO1)c1ccccc1Br. The summed E-state index contributed by atoms with van der Waals surface area (Å²) in [6, 6.07) is 8.29. The molecule has 1 saturated heterocycles. The molecule has 2 atom stereocenters. The standard InChI is InChI=1S/C15H20BrIO2/c1-15(11-17,13-7-2-3-8-14(13)16)19-10-12-6-4-5-9-18-12/h2-3,7-8,12H,4-6,9-11H2,1H3. The largest absolute Gasteiger partial charge is 0.376 e. The average Bonchev–Trinajstić information content (AvgIpc) is 2.46. The van der Waals surface area contributed by atoms with Crippen molar-refractivity contribution in [2.24, 2.45) is 0 Å². The summed E-state index contributed by atoms with van der Waals surface area (Å²) in [7, 11) is 0. The number of rotatable bonds is 5. The Morgan fingerprint density at radius 3 is 2.84 bits per heavy atom. The molecule has 2 nitrogen and oxygen atoms in total. The zero-order chi connectivity index (χ0) is 13.7. The third kappa shape index (κ3) is 4.16. The van der Waals surface area contributed by atoms with E-state index in [0.29, 0.717) is 6.61 Å². The summed E-state index contributed by atoms with van der Waals surface area (Å²) < 4.78 is 14.0. The van der Waals surface area contributed by atoms with Gasteiger partial charge >= 0.3 is 0 Å². The second-order valence-corrected chi connectivity index (χ2v) is 6.76. The highest BCUT2D eigenvalue weighted by molar-refractivity contribution is 14.1. The molecule has 1 heterocycles. The fourth-order valence-corrected chi connectivity index (χ4v) is 3.63. The number of hydrogen-bond acceptors (Lipinski definition) is 2. The predicted molar refractivity (Wildman–Crippen MR) is 89.9 cm³/mol.